The second-order valence-corrected chi connectivity index (χ2v) is 2.74. The fourth-order valence-electron chi connectivity index (χ4n) is 0.919. The Morgan fingerprint density at radius 1 is 1.46 bits per heavy atom. The SMILES string of the molecule is ClCCNc1ccc2nnnn2n1. The van der Waals surface area contributed by atoms with Crippen molar-refractivity contribution < 1.29 is 0 Å². The van der Waals surface area contributed by atoms with Crippen LogP contribution in [0.15, 0.2) is 12.1 Å². The molecule has 6 nitrogen and oxygen atoms in total. The van der Waals surface area contributed by atoms with Crippen molar-refractivity contribution in [1.29, 1.82) is 0 Å². The fourth-order valence-corrected chi connectivity index (χ4v) is 1.01. The molecule has 13 heavy (non-hydrogen) atoms. The second-order valence-electron chi connectivity index (χ2n) is 2.36. The van der Waals surface area contributed by atoms with Gasteiger partial charge in [-0.2, -0.15) is 0 Å². The smallest absolute Gasteiger partial charge is 0.200 e. The Hall–Kier alpha value is -1.43. The third kappa shape index (κ3) is 1.67. The highest BCUT2D eigenvalue weighted by Crippen LogP contribution is 2.02. The summed E-state index contributed by atoms with van der Waals surface area (Å²) in [4.78, 5) is 0. The number of anilines is 1. The molecule has 0 bridgehead atoms. The van der Waals surface area contributed by atoms with Crippen LogP contribution in [0.1, 0.15) is 0 Å². The zero-order chi connectivity index (χ0) is 9.10. The maximum atomic E-state index is 5.51. The van der Waals surface area contributed by atoms with Gasteiger partial charge in [0.05, 0.1) is 0 Å². The molecule has 0 aliphatic heterocycles. The fraction of sp³-hybridized carbons (Fsp3) is 0.333. The highest BCUT2D eigenvalue weighted by atomic mass is 35.5. The summed E-state index contributed by atoms with van der Waals surface area (Å²) in [6.07, 6.45) is 0. The largest absolute Gasteiger partial charge is 0.367 e. The lowest BCUT2D eigenvalue weighted by molar-refractivity contribution is 0.734. The standard InChI is InChI=1S/C6H7ClN6/c7-3-4-8-5-1-2-6-9-11-12-13(6)10-5/h1-2H,3-4H2,(H,8,10). The summed E-state index contributed by atoms with van der Waals surface area (Å²) in [5.41, 5.74) is 0.622. The summed E-state index contributed by atoms with van der Waals surface area (Å²) < 4.78 is 1.36. The molecule has 0 saturated carbocycles. The number of aromatic nitrogens is 5. The van der Waals surface area contributed by atoms with Crippen molar-refractivity contribution in [2.24, 2.45) is 0 Å². The molecule has 0 aromatic carbocycles. The molecular weight excluding hydrogens is 192 g/mol. The minimum absolute atomic E-state index is 0.537. The van der Waals surface area contributed by atoms with Gasteiger partial charge in [-0.25, -0.2) is 0 Å². The molecule has 0 aliphatic rings. The maximum absolute atomic E-state index is 5.51. The molecule has 2 heterocycles. The molecule has 2 aromatic heterocycles. The predicted octanol–water partition coefficient (Wildman–Crippen LogP) is 0.170. The number of fused-ring (bicyclic) bond motifs is 1. The van der Waals surface area contributed by atoms with Crippen LogP contribution in [-0.2, 0) is 0 Å². The van der Waals surface area contributed by atoms with Gasteiger partial charge in [-0.05, 0) is 22.6 Å². The third-order valence-electron chi connectivity index (χ3n) is 1.47. The van der Waals surface area contributed by atoms with Crippen molar-refractivity contribution in [3.8, 4) is 0 Å². The number of nitrogens with one attached hydrogen (secondary N) is 1. The van der Waals surface area contributed by atoms with Crippen molar-refractivity contribution in [3.05, 3.63) is 12.1 Å². The molecule has 0 aliphatic carbocycles. The van der Waals surface area contributed by atoms with E-state index in [1.54, 1.807) is 12.1 Å². The normalized spacial score (nSPS) is 10.5. The Balaban J connectivity index is 2.26. The Labute approximate surface area is 78.9 Å². The molecule has 68 valence electrons. The van der Waals surface area contributed by atoms with Crippen LogP contribution < -0.4 is 5.32 Å². The number of rotatable bonds is 3. The lowest BCUT2D eigenvalue weighted by atomic mass is 10.5. The molecule has 0 unspecified atom stereocenters. The number of tetrazole rings is 1. The van der Waals surface area contributed by atoms with Gasteiger partial charge in [0, 0.05) is 12.4 Å². The van der Waals surface area contributed by atoms with Gasteiger partial charge in [0.1, 0.15) is 5.82 Å². The summed E-state index contributed by atoms with van der Waals surface area (Å²) in [5, 5.41) is 18.0. The quantitative estimate of drug-likeness (QED) is 0.713. The van der Waals surface area contributed by atoms with E-state index in [4.69, 9.17) is 11.6 Å². The summed E-state index contributed by atoms with van der Waals surface area (Å²) >= 11 is 5.51. The molecule has 2 rings (SSSR count). The van der Waals surface area contributed by atoms with E-state index < -0.39 is 0 Å². The van der Waals surface area contributed by atoms with Gasteiger partial charge in [0.25, 0.3) is 0 Å². The third-order valence-corrected chi connectivity index (χ3v) is 1.66. The minimum atomic E-state index is 0.537. The maximum Gasteiger partial charge on any atom is 0.200 e. The number of nitrogens with zero attached hydrogens (tertiary/aromatic N) is 5. The Bertz CT molecular complexity index is 399. The second kappa shape index (κ2) is 3.53. The van der Waals surface area contributed by atoms with Gasteiger partial charge >= 0.3 is 0 Å². The molecular formula is C6H7ClN6. The molecule has 7 heteroatoms. The molecule has 0 fully saturated rings. The van der Waals surface area contributed by atoms with Gasteiger partial charge in [-0.3, -0.25) is 0 Å². The molecule has 1 N–H and O–H groups in total. The first-order valence-corrected chi connectivity index (χ1v) is 4.29. The van der Waals surface area contributed by atoms with Crippen LogP contribution in [0.3, 0.4) is 0 Å². The van der Waals surface area contributed by atoms with E-state index in [2.05, 4.69) is 25.9 Å². The average molecular weight is 199 g/mol. The monoisotopic (exact) mass is 198 g/mol. The van der Waals surface area contributed by atoms with Crippen molar-refractivity contribution in [1.82, 2.24) is 25.3 Å². The first-order valence-electron chi connectivity index (χ1n) is 3.75. The predicted molar refractivity (Wildman–Crippen MR) is 47.8 cm³/mol. The number of hydrogen-bond acceptors (Lipinski definition) is 5. The lowest BCUT2D eigenvalue weighted by Gasteiger charge is -2.00. The zero-order valence-corrected chi connectivity index (χ0v) is 7.44. The van der Waals surface area contributed by atoms with Gasteiger partial charge < -0.3 is 5.32 Å². The summed E-state index contributed by atoms with van der Waals surface area (Å²) in [5.74, 6) is 1.25. The topological polar surface area (TPSA) is 68.0 Å². The van der Waals surface area contributed by atoms with Crippen LogP contribution in [0.25, 0.3) is 5.65 Å². The van der Waals surface area contributed by atoms with Crippen LogP contribution in [0.2, 0.25) is 0 Å². The Kier molecular flexibility index (Phi) is 2.22. The first kappa shape index (κ1) is 8.18. The van der Waals surface area contributed by atoms with Crippen molar-refractivity contribution in [2.45, 2.75) is 0 Å². The van der Waals surface area contributed by atoms with Gasteiger partial charge in [0.2, 0.25) is 0 Å². The number of hydrogen-bond donors (Lipinski definition) is 1. The lowest BCUT2D eigenvalue weighted by Crippen LogP contribution is -2.06. The number of halogens is 1. The van der Waals surface area contributed by atoms with E-state index in [0.717, 1.165) is 0 Å². The Morgan fingerprint density at radius 3 is 3.23 bits per heavy atom. The molecule has 0 radical (unpaired) electrons. The van der Waals surface area contributed by atoms with E-state index >= 15 is 0 Å². The molecule has 0 atom stereocenters. The van der Waals surface area contributed by atoms with Gasteiger partial charge in [0.15, 0.2) is 5.65 Å². The highest BCUT2D eigenvalue weighted by molar-refractivity contribution is 6.18. The molecule has 0 saturated heterocycles. The van der Waals surface area contributed by atoms with Crippen LogP contribution in [-0.4, -0.2) is 37.7 Å². The summed E-state index contributed by atoms with van der Waals surface area (Å²) in [6, 6.07) is 3.59. The van der Waals surface area contributed by atoms with Crippen molar-refractivity contribution in [3.63, 3.8) is 0 Å². The molecule has 0 spiro atoms. The van der Waals surface area contributed by atoms with E-state index in [1.165, 1.54) is 4.63 Å². The van der Waals surface area contributed by atoms with E-state index in [-0.39, 0.29) is 0 Å². The van der Waals surface area contributed by atoms with Gasteiger partial charge in [-0.1, -0.05) is 0 Å². The van der Waals surface area contributed by atoms with Crippen LogP contribution >= 0.6 is 11.6 Å². The summed E-state index contributed by atoms with van der Waals surface area (Å²) in [6.45, 7) is 0.669. The molecule has 2 aromatic rings. The average Bonchev–Trinajstić information content (AvgIpc) is 2.61. The van der Waals surface area contributed by atoms with Crippen LogP contribution in [0, 0.1) is 0 Å². The zero-order valence-electron chi connectivity index (χ0n) is 6.68. The highest BCUT2D eigenvalue weighted by Gasteiger charge is 1.98. The molecule has 0 amide bonds. The van der Waals surface area contributed by atoms with Crippen LogP contribution in [0.5, 0.6) is 0 Å². The van der Waals surface area contributed by atoms with E-state index in [0.29, 0.717) is 23.9 Å². The minimum Gasteiger partial charge on any atom is -0.367 e. The van der Waals surface area contributed by atoms with Gasteiger partial charge in [-0.15, -0.1) is 26.4 Å². The summed E-state index contributed by atoms with van der Waals surface area (Å²) in [7, 11) is 0. The van der Waals surface area contributed by atoms with Crippen molar-refractivity contribution >= 4 is 23.1 Å². The van der Waals surface area contributed by atoms with E-state index in [9.17, 15) is 0 Å². The Morgan fingerprint density at radius 2 is 2.38 bits per heavy atom. The van der Waals surface area contributed by atoms with Crippen molar-refractivity contribution in [2.75, 3.05) is 17.7 Å². The van der Waals surface area contributed by atoms with Crippen LogP contribution in [0.4, 0.5) is 5.82 Å². The first-order chi connectivity index (χ1) is 6.40. The number of alkyl halides is 1. The van der Waals surface area contributed by atoms with E-state index in [1.807, 2.05) is 0 Å².